The number of nitro benzene ring substituents is 1. The molecule has 0 atom stereocenters. The van der Waals surface area contributed by atoms with E-state index < -0.39 is 4.92 Å². The first-order valence-corrected chi connectivity index (χ1v) is 5.33. The van der Waals surface area contributed by atoms with E-state index in [1.807, 2.05) is 0 Å². The molecule has 0 aliphatic rings. The zero-order valence-electron chi connectivity index (χ0n) is 10.0. The first-order chi connectivity index (χ1) is 9.08. The van der Waals surface area contributed by atoms with Crippen molar-refractivity contribution in [1.29, 1.82) is 0 Å². The molecule has 0 fully saturated rings. The molecule has 8 heteroatoms. The molecule has 0 saturated carbocycles. The van der Waals surface area contributed by atoms with Crippen molar-refractivity contribution in [3.05, 3.63) is 40.4 Å². The Labute approximate surface area is 108 Å². The van der Waals surface area contributed by atoms with E-state index in [1.165, 1.54) is 24.3 Å². The number of ether oxygens (including phenoxy) is 1. The lowest BCUT2D eigenvalue weighted by Gasteiger charge is -2.06. The largest absolute Gasteiger partial charge is 0.439 e. The first-order valence-electron chi connectivity index (χ1n) is 5.33. The molecule has 0 spiro atoms. The van der Waals surface area contributed by atoms with E-state index in [0.717, 1.165) is 0 Å². The Morgan fingerprint density at radius 2 is 2.00 bits per heavy atom. The molecule has 2 aromatic rings. The molecule has 0 radical (unpaired) electrons. The minimum Gasteiger partial charge on any atom is -0.439 e. The molecule has 19 heavy (non-hydrogen) atoms. The lowest BCUT2D eigenvalue weighted by Crippen LogP contribution is -2.01. The number of non-ortho nitro benzene ring substituents is 1. The maximum Gasteiger partial charge on any atom is 0.269 e. The Balaban J connectivity index is 2.21. The smallest absolute Gasteiger partial charge is 0.269 e. The van der Waals surface area contributed by atoms with Crippen LogP contribution in [0, 0.1) is 10.1 Å². The van der Waals surface area contributed by atoms with Gasteiger partial charge >= 0.3 is 0 Å². The average Bonchev–Trinajstić information content (AvgIpc) is 2.38. The zero-order valence-corrected chi connectivity index (χ0v) is 10.0. The van der Waals surface area contributed by atoms with Crippen molar-refractivity contribution in [2.75, 3.05) is 18.1 Å². The van der Waals surface area contributed by atoms with Crippen molar-refractivity contribution in [3.63, 3.8) is 0 Å². The molecule has 0 saturated heterocycles. The van der Waals surface area contributed by atoms with E-state index in [1.54, 1.807) is 13.1 Å². The van der Waals surface area contributed by atoms with Gasteiger partial charge in [0, 0.05) is 25.2 Å². The number of nitrogens with zero attached hydrogens (tertiary/aromatic N) is 3. The van der Waals surface area contributed by atoms with E-state index in [0.29, 0.717) is 11.6 Å². The standard InChI is InChI=1S/C11H11N5O3/c1-13-9-6-10(15-11(12)14-9)19-8-4-2-7(3-5-8)16(17)18/h2-6H,1H3,(H3,12,13,14,15). The van der Waals surface area contributed by atoms with Gasteiger partial charge in [-0.1, -0.05) is 0 Å². The van der Waals surface area contributed by atoms with Gasteiger partial charge in [-0.15, -0.1) is 0 Å². The fraction of sp³-hybridized carbons (Fsp3) is 0.0909. The molecule has 1 aromatic heterocycles. The van der Waals surface area contributed by atoms with Gasteiger partial charge in [0.25, 0.3) is 5.69 Å². The molecular weight excluding hydrogens is 250 g/mol. The summed E-state index contributed by atoms with van der Waals surface area (Å²) in [6.07, 6.45) is 0. The molecule has 3 N–H and O–H groups in total. The van der Waals surface area contributed by atoms with Crippen molar-refractivity contribution < 1.29 is 9.66 Å². The van der Waals surface area contributed by atoms with Crippen LogP contribution in [0.1, 0.15) is 0 Å². The summed E-state index contributed by atoms with van der Waals surface area (Å²) in [5, 5.41) is 13.3. The van der Waals surface area contributed by atoms with Crippen molar-refractivity contribution in [2.24, 2.45) is 0 Å². The van der Waals surface area contributed by atoms with Gasteiger partial charge in [0.05, 0.1) is 4.92 Å². The van der Waals surface area contributed by atoms with Gasteiger partial charge in [0.15, 0.2) is 0 Å². The quantitative estimate of drug-likeness (QED) is 0.636. The van der Waals surface area contributed by atoms with E-state index in [9.17, 15) is 10.1 Å². The van der Waals surface area contributed by atoms with Crippen LogP contribution in [-0.4, -0.2) is 21.9 Å². The number of nitrogen functional groups attached to an aromatic ring is 1. The second-order valence-electron chi connectivity index (χ2n) is 3.55. The summed E-state index contributed by atoms with van der Waals surface area (Å²) in [5.41, 5.74) is 5.51. The highest BCUT2D eigenvalue weighted by molar-refractivity contribution is 5.44. The van der Waals surface area contributed by atoms with Gasteiger partial charge in [0.1, 0.15) is 11.6 Å². The normalized spacial score (nSPS) is 9.95. The number of hydrogen-bond donors (Lipinski definition) is 2. The Morgan fingerprint density at radius 1 is 1.32 bits per heavy atom. The molecular formula is C11H11N5O3. The second-order valence-corrected chi connectivity index (χ2v) is 3.55. The Kier molecular flexibility index (Phi) is 3.42. The molecule has 0 aliphatic heterocycles. The van der Waals surface area contributed by atoms with Gasteiger partial charge in [-0.25, -0.2) is 0 Å². The topological polar surface area (TPSA) is 116 Å². The second kappa shape index (κ2) is 5.17. The van der Waals surface area contributed by atoms with Crippen LogP contribution < -0.4 is 15.8 Å². The fourth-order valence-electron chi connectivity index (χ4n) is 1.38. The van der Waals surface area contributed by atoms with Crippen molar-refractivity contribution in [2.45, 2.75) is 0 Å². The summed E-state index contributed by atoms with van der Waals surface area (Å²) < 4.78 is 5.44. The number of benzene rings is 1. The summed E-state index contributed by atoms with van der Waals surface area (Å²) in [6.45, 7) is 0. The van der Waals surface area contributed by atoms with Crippen LogP contribution in [0.3, 0.4) is 0 Å². The maximum absolute atomic E-state index is 10.5. The minimum absolute atomic E-state index is 0.00883. The SMILES string of the molecule is CNc1cc(Oc2ccc([N+](=O)[O-])cc2)nc(N)n1. The third-order valence-corrected chi connectivity index (χ3v) is 2.25. The van der Waals surface area contributed by atoms with Crippen molar-refractivity contribution in [1.82, 2.24) is 9.97 Å². The lowest BCUT2D eigenvalue weighted by atomic mass is 10.3. The molecule has 1 aromatic carbocycles. The van der Waals surface area contributed by atoms with Crippen LogP contribution in [0.25, 0.3) is 0 Å². The van der Waals surface area contributed by atoms with Gasteiger partial charge in [-0.2, -0.15) is 9.97 Å². The van der Waals surface area contributed by atoms with Crippen LogP contribution in [0.15, 0.2) is 30.3 Å². The summed E-state index contributed by atoms with van der Waals surface area (Å²) in [5.74, 6) is 1.27. The summed E-state index contributed by atoms with van der Waals surface area (Å²) >= 11 is 0. The van der Waals surface area contributed by atoms with Gasteiger partial charge < -0.3 is 15.8 Å². The van der Waals surface area contributed by atoms with Crippen LogP contribution in [0.4, 0.5) is 17.5 Å². The number of anilines is 2. The highest BCUT2D eigenvalue weighted by Crippen LogP contribution is 2.24. The third-order valence-electron chi connectivity index (χ3n) is 2.25. The number of hydrogen-bond acceptors (Lipinski definition) is 7. The monoisotopic (exact) mass is 261 g/mol. The lowest BCUT2D eigenvalue weighted by molar-refractivity contribution is -0.384. The number of nitrogens with one attached hydrogen (secondary N) is 1. The molecule has 1 heterocycles. The highest BCUT2D eigenvalue weighted by Gasteiger charge is 2.07. The average molecular weight is 261 g/mol. The Morgan fingerprint density at radius 3 is 2.58 bits per heavy atom. The number of aromatic nitrogens is 2. The molecule has 8 nitrogen and oxygen atoms in total. The highest BCUT2D eigenvalue weighted by atomic mass is 16.6. The molecule has 0 aliphatic carbocycles. The van der Waals surface area contributed by atoms with E-state index >= 15 is 0 Å². The molecule has 0 unspecified atom stereocenters. The molecule has 0 bridgehead atoms. The summed E-state index contributed by atoms with van der Waals surface area (Å²) in [4.78, 5) is 17.9. The van der Waals surface area contributed by atoms with Crippen LogP contribution >= 0.6 is 0 Å². The van der Waals surface area contributed by atoms with E-state index in [2.05, 4.69) is 15.3 Å². The summed E-state index contributed by atoms with van der Waals surface area (Å²) in [7, 11) is 1.69. The molecule has 0 amide bonds. The molecule has 2 rings (SSSR count). The number of rotatable bonds is 4. The minimum atomic E-state index is -0.481. The Bertz CT molecular complexity index is 600. The van der Waals surface area contributed by atoms with E-state index in [-0.39, 0.29) is 17.5 Å². The van der Waals surface area contributed by atoms with Crippen molar-refractivity contribution >= 4 is 17.5 Å². The van der Waals surface area contributed by atoms with Crippen molar-refractivity contribution in [3.8, 4) is 11.6 Å². The first kappa shape index (κ1) is 12.6. The fourth-order valence-corrected chi connectivity index (χ4v) is 1.38. The van der Waals surface area contributed by atoms with Gasteiger partial charge in [-0.05, 0) is 12.1 Å². The maximum atomic E-state index is 10.5. The van der Waals surface area contributed by atoms with Crippen LogP contribution in [0.5, 0.6) is 11.6 Å². The number of nitrogens with two attached hydrogens (primary N) is 1. The van der Waals surface area contributed by atoms with Crippen LogP contribution in [0.2, 0.25) is 0 Å². The van der Waals surface area contributed by atoms with Gasteiger partial charge in [-0.3, -0.25) is 10.1 Å². The predicted octanol–water partition coefficient (Wildman–Crippen LogP) is 1.80. The number of nitro groups is 1. The van der Waals surface area contributed by atoms with Gasteiger partial charge in [0.2, 0.25) is 11.8 Å². The summed E-state index contributed by atoms with van der Waals surface area (Å²) in [6, 6.07) is 7.22. The van der Waals surface area contributed by atoms with Crippen LogP contribution in [-0.2, 0) is 0 Å². The molecule has 98 valence electrons. The Hall–Kier alpha value is -2.90. The predicted molar refractivity (Wildman–Crippen MR) is 69.2 cm³/mol. The van der Waals surface area contributed by atoms with E-state index in [4.69, 9.17) is 10.5 Å². The third kappa shape index (κ3) is 3.06. The zero-order chi connectivity index (χ0) is 13.8.